The SMILES string of the molecule is COC(=O)c1coc(CN(C(=O)c2cccc(Cl)c2)C(C)C)n1. The number of amides is 1. The maximum absolute atomic E-state index is 12.6. The second-order valence-corrected chi connectivity index (χ2v) is 5.59. The fourth-order valence-electron chi connectivity index (χ4n) is 2.00. The second-order valence-electron chi connectivity index (χ2n) is 5.16. The van der Waals surface area contributed by atoms with E-state index in [1.165, 1.54) is 13.4 Å². The Morgan fingerprint density at radius 3 is 2.74 bits per heavy atom. The van der Waals surface area contributed by atoms with Gasteiger partial charge in [0.15, 0.2) is 5.69 Å². The Bertz CT molecular complexity index is 712. The number of esters is 1. The molecule has 23 heavy (non-hydrogen) atoms. The summed E-state index contributed by atoms with van der Waals surface area (Å²) >= 11 is 5.93. The van der Waals surface area contributed by atoms with Gasteiger partial charge in [0.05, 0.1) is 13.7 Å². The average Bonchev–Trinajstić information content (AvgIpc) is 2.99. The van der Waals surface area contributed by atoms with Crippen LogP contribution in [0.3, 0.4) is 0 Å². The lowest BCUT2D eigenvalue weighted by atomic mass is 10.1. The Kier molecular flexibility index (Phi) is 5.39. The molecule has 0 saturated heterocycles. The maximum Gasteiger partial charge on any atom is 0.360 e. The molecule has 0 spiro atoms. The van der Waals surface area contributed by atoms with E-state index in [1.54, 1.807) is 29.2 Å². The summed E-state index contributed by atoms with van der Waals surface area (Å²) in [4.78, 5) is 29.7. The van der Waals surface area contributed by atoms with E-state index >= 15 is 0 Å². The van der Waals surface area contributed by atoms with Crippen LogP contribution in [-0.4, -0.2) is 34.9 Å². The minimum Gasteiger partial charge on any atom is -0.464 e. The number of methoxy groups -OCH3 is 1. The van der Waals surface area contributed by atoms with Crippen molar-refractivity contribution in [2.24, 2.45) is 0 Å². The Morgan fingerprint density at radius 2 is 2.13 bits per heavy atom. The molecule has 0 fully saturated rings. The van der Waals surface area contributed by atoms with E-state index in [9.17, 15) is 9.59 Å². The van der Waals surface area contributed by atoms with E-state index in [-0.39, 0.29) is 30.1 Å². The minimum absolute atomic E-state index is 0.0708. The highest BCUT2D eigenvalue weighted by atomic mass is 35.5. The molecule has 0 aliphatic rings. The highest BCUT2D eigenvalue weighted by Gasteiger charge is 2.22. The number of hydrogen-bond donors (Lipinski definition) is 0. The summed E-state index contributed by atoms with van der Waals surface area (Å²) in [5.74, 6) is -0.521. The molecular weight excluding hydrogens is 320 g/mol. The number of ether oxygens (including phenoxy) is 1. The summed E-state index contributed by atoms with van der Waals surface area (Å²) in [6.45, 7) is 3.90. The van der Waals surface area contributed by atoms with E-state index < -0.39 is 5.97 Å². The third-order valence-electron chi connectivity index (χ3n) is 3.21. The smallest absolute Gasteiger partial charge is 0.360 e. The largest absolute Gasteiger partial charge is 0.464 e. The molecule has 1 amide bonds. The molecule has 1 aromatic heterocycles. The number of carbonyl (C=O) groups is 2. The number of carbonyl (C=O) groups excluding carboxylic acids is 2. The Balaban J connectivity index is 2.20. The molecule has 7 heteroatoms. The van der Waals surface area contributed by atoms with Gasteiger partial charge < -0.3 is 14.1 Å². The first kappa shape index (κ1) is 17.0. The van der Waals surface area contributed by atoms with Crippen LogP contribution < -0.4 is 0 Å². The van der Waals surface area contributed by atoms with E-state index in [0.717, 1.165) is 0 Å². The monoisotopic (exact) mass is 336 g/mol. The van der Waals surface area contributed by atoms with Crippen molar-refractivity contribution in [3.63, 3.8) is 0 Å². The quantitative estimate of drug-likeness (QED) is 0.784. The minimum atomic E-state index is -0.586. The van der Waals surface area contributed by atoms with Gasteiger partial charge in [-0.2, -0.15) is 0 Å². The number of aromatic nitrogens is 1. The number of hydrogen-bond acceptors (Lipinski definition) is 5. The first-order valence-electron chi connectivity index (χ1n) is 7.01. The van der Waals surface area contributed by atoms with Crippen LogP contribution in [-0.2, 0) is 11.3 Å². The fraction of sp³-hybridized carbons (Fsp3) is 0.312. The number of oxazole rings is 1. The zero-order valence-electron chi connectivity index (χ0n) is 13.1. The normalized spacial score (nSPS) is 10.7. The molecule has 2 rings (SSSR count). The van der Waals surface area contributed by atoms with Gasteiger partial charge in [-0.1, -0.05) is 17.7 Å². The molecule has 0 saturated carbocycles. The summed E-state index contributed by atoms with van der Waals surface area (Å²) < 4.78 is 9.82. The number of benzene rings is 1. The third kappa shape index (κ3) is 4.10. The molecule has 0 aliphatic heterocycles. The van der Waals surface area contributed by atoms with E-state index in [4.69, 9.17) is 16.0 Å². The maximum atomic E-state index is 12.6. The van der Waals surface area contributed by atoms with Gasteiger partial charge in [0.25, 0.3) is 5.91 Å². The van der Waals surface area contributed by atoms with Gasteiger partial charge in [0.2, 0.25) is 5.89 Å². The predicted molar refractivity (Wildman–Crippen MR) is 84.3 cm³/mol. The van der Waals surface area contributed by atoms with E-state index in [1.807, 2.05) is 13.8 Å². The molecule has 0 bridgehead atoms. The van der Waals surface area contributed by atoms with Crippen LogP contribution in [0.25, 0.3) is 0 Å². The molecule has 0 unspecified atom stereocenters. The first-order valence-corrected chi connectivity index (χ1v) is 7.39. The van der Waals surface area contributed by atoms with Gasteiger partial charge in [0.1, 0.15) is 6.26 Å². The molecule has 0 radical (unpaired) electrons. The molecule has 6 nitrogen and oxygen atoms in total. The number of nitrogens with zero attached hydrogens (tertiary/aromatic N) is 2. The molecule has 0 aliphatic carbocycles. The van der Waals surface area contributed by atoms with Crippen molar-refractivity contribution in [2.45, 2.75) is 26.4 Å². The zero-order chi connectivity index (χ0) is 17.0. The van der Waals surface area contributed by atoms with Crippen molar-refractivity contribution < 1.29 is 18.7 Å². The summed E-state index contributed by atoms with van der Waals surface area (Å²) in [6, 6.07) is 6.63. The molecular formula is C16H17ClN2O4. The average molecular weight is 337 g/mol. The van der Waals surface area contributed by atoms with Gasteiger partial charge in [-0.25, -0.2) is 9.78 Å². The molecule has 122 valence electrons. The molecule has 0 atom stereocenters. The highest BCUT2D eigenvalue weighted by Crippen LogP contribution is 2.17. The Hall–Kier alpha value is -2.34. The van der Waals surface area contributed by atoms with Gasteiger partial charge >= 0.3 is 5.97 Å². The summed E-state index contributed by atoms with van der Waals surface area (Å²) in [5.41, 5.74) is 0.548. The van der Waals surface area contributed by atoms with Crippen molar-refractivity contribution in [1.29, 1.82) is 0 Å². The van der Waals surface area contributed by atoms with Crippen LogP contribution in [0.2, 0.25) is 5.02 Å². The summed E-state index contributed by atoms with van der Waals surface area (Å²) in [6.07, 6.45) is 1.21. The van der Waals surface area contributed by atoms with Crippen molar-refractivity contribution in [1.82, 2.24) is 9.88 Å². The lowest BCUT2D eigenvalue weighted by molar-refractivity contribution is 0.0593. The fourth-order valence-corrected chi connectivity index (χ4v) is 2.19. The number of halogens is 1. The lowest BCUT2D eigenvalue weighted by Gasteiger charge is -2.25. The first-order chi connectivity index (χ1) is 10.9. The van der Waals surface area contributed by atoms with Gasteiger partial charge in [0, 0.05) is 16.6 Å². The summed E-state index contributed by atoms with van der Waals surface area (Å²) in [5, 5.41) is 0.489. The van der Waals surface area contributed by atoms with Gasteiger partial charge in [-0.05, 0) is 32.0 Å². The van der Waals surface area contributed by atoms with Gasteiger partial charge in [-0.15, -0.1) is 0 Å². The van der Waals surface area contributed by atoms with Crippen LogP contribution in [0.15, 0.2) is 34.9 Å². The van der Waals surface area contributed by atoms with Crippen LogP contribution in [0.1, 0.15) is 40.6 Å². The standard InChI is InChI=1S/C16H17ClN2O4/c1-10(2)19(15(20)11-5-4-6-12(17)7-11)8-14-18-13(9-23-14)16(21)22-3/h4-7,9-10H,8H2,1-3H3. The van der Waals surface area contributed by atoms with E-state index in [2.05, 4.69) is 9.72 Å². The molecule has 2 aromatic rings. The second kappa shape index (κ2) is 7.28. The van der Waals surface area contributed by atoms with Crippen molar-refractivity contribution in [3.05, 3.63) is 52.7 Å². The van der Waals surface area contributed by atoms with Crippen LogP contribution in [0, 0.1) is 0 Å². The highest BCUT2D eigenvalue weighted by molar-refractivity contribution is 6.30. The third-order valence-corrected chi connectivity index (χ3v) is 3.44. The topological polar surface area (TPSA) is 72.6 Å². The zero-order valence-corrected chi connectivity index (χ0v) is 13.8. The van der Waals surface area contributed by atoms with Crippen molar-refractivity contribution >= 4 is 23.5 Å². The number of rotatable bonds is 5. The van der Waals surface area contributed by atoms with Crippen molar-refractivity contribution in [3.8, 4) is 0 Å². The lowest BCUT2D eigenvalue weighted by Crippen LogP contribution is -2.36. The molecule has 0 N–H and O–H groups in total. The molecule has 1 aromatic carbocycles. The van der Waals surface area contributed by atoms with Crippen LogP contribution >= 0.6 is 11.6 Å². The van der Waals surface area contributed by atoms with E-state index in [0.29, 0.717) is 10.6 Å². The Labute approximate surface area is 139 Å². The van der Waals surface area contributed by atoms with Crippen LogP contribution in [0.5, 0.6) is 0 Å². The van der Waals surface area contributed by atoms with Crippen LogP contribution in [0.4, 0.5) is 0 Å². The molecule has 1 heterocycles. The van der Waals surface area contributed by atoms with Gasteiger partial charge in [-0.3, -0.25) is 4.79 Å². The predicted octanol–water partition coefficient (Wildman–Crippen LogP) is 3.17. The summed E-state index contributed by atoms with van der Waals surface area (Å²) in [7, 11) is 1.26. The van der Waals surface area contributed by atoms with Crippen molar-refractivity contribution in [2.75, 3.05) is 7.11 Å². The Morgan fingerprint density at radius 1 is 1.39 bits per heavy atom.